The Kier molecular flexibility index (Phi) is 8.11. The lowest BCUT2D eigenvalue weighted by Crippen LogP contribution is -2.28. The van der Waals surface area contributed by atoms with Gasteiger partial charge in [-0.2, -0.15) is 0 Å². The Morgan fingerprint density at radius 2 is 1.91 bits per heavy atom. The van der Waals surface area contributed by atoms with Gasteiger partial charge in [0.25, 0.3) is 0 Å². The number of nitrogens with zero attached hydrogens (tertiary/aromatic N) is 3. The van der Waals surface area contributed by atoms with Gasteiger partial charge in [0.2, 0.25) is 5.91 Å². The monoisotopic (exact) mass is 450 g/mol. The number of hydrogen-bond donors (Lipinski definition) is 1. The third-order valence-electron chi connectivity index (χ3n) is 5.22. The molecule has 0 aliphatic heterocycles. The lowest BCUT2D eigenvalue weighted by atomic mass is 10.1. The predicted molar refractivity (Wildman–Crippen MR) is 129 cm³/mol. The summed E-state index contributed by atoms with van der Waals surface area (Å²) >= 11 is 1.36. The van der Waals surface area contributed by atoms with Crippen LogP contribution in [0.25, 0.3) is 0 Å². The predicted octanol–water partition coefficient (Wildman–Crippen LogP) is 5.19. The molecule has 0 bridgehead atoms. The Bertz CT molecular complexity index is 1070. The minimum absolute atomic E-state index is 0.0551. The van der Waals surface area contributed by atoms with Gasteiger partial charge in [-0.15, -0.1) is 16.8 Å². The van der Waals surface area contributed by atoms with Gasteiger partial charge in [-0.05, 0) is 56.5 Å². The molecule has 0 aliphatic rings. The average molecular weight is 451 g/mol. The molecule has 1 aromatic heterocycles. The van der Waals surface area contributed by atoms with Crippen molar-refractivity contribution < 1.29 is 9.53 Å². The number of aryl methyl sites for hydroxylation is 2. The molecule has 1 amide bonds. The first-order chi connectivity index (χ1) is 15.4. The zero-order chi connectivity index (χ0) is 23.1. The maximum Gasteiger partial charge on any atom is 0.230 e. The summed E-state index contributed by atoms with van der Waals surface area (Å²) in [7, 11) is 0. The largest absolute Gasteiger partial charge is 0.483 e. The van der Waals surface area contributed by atoms with Gasteiger partial charge in [0.05, 0.1) is 11.8 Å². The van der Waals surface area contributed by atoms with Crippen molar-refractivity contribution in [3.05, 3.63) is 83.7 Å². The first kappa shape index (κ1) is 23.6. The van der Waals surface area contributed by atoms with Gasteiger partial charge in [0.15, 0.2) is 17.1 Å². The van der Waals surface area contributed by atoms with Crippen LogP contribution in [0.15, 0.2) is 66.3 Å². The van der Waals surface area contributed by atoms with Crippen LogP contribution in [0.1, 0.15) is 48.5 Å². The third kappa shape index (κ3) is 6.01. The van der Waals surface area contributed by atoms with Crippen molar-refractivity contribution in [1.29, 1.82) is 0 Å². The minimum atomic E-state index is -0.300. The summed E-state index contributed by atoms with van der Waals surface area (Å²) in [6, 6.07) is 15.9. The molecule has 3 aromatic rings. The highest BCUT2D eigenvalue weighted by Crippen LogP contribution is 2.26. The Morgan fingerprint density at radius 1 is 1.16 bits per heavy atom. The number of carbonyl (C=O) groups is 1. The number of thioether (sulfide) groups is 1. The van der Waals surface area contributed by atoms with Gasteiger partial charge in [-0.3, -0.25) is 9.36 Å². The summed E-state index contributed by atoms with van der Waals surface area (Å²) in [6.45, 7) is 12.4. The molecule has 0 fully saturated rings. The highest BCUT2D eigenvalue weighted by molar-refractivity contribution is 7.99. The number of aromatic nitrogens is 3. The summed E-state index contributed by atoms with van der Waals surface area (Å²) in [6.07, 6.45) is 1.49. The molecule has 32 heavy (non-hydrogen) atoms. The molecular formula is C25H30N4O2S. The van der Waals surface area contributed by atoms with E-state index < -0.39 is 0 Å². The molecule has 2 aromatic carbocycles. The lowest BCUT2D eigenvalue weighted by molar-refractivity contribution is -0.119. The van der Waals surface area contributed by atoms with E-state index in [0.717, 1.165) is 11.3 Å². The van der Waals surface area contributed by atoms with Crippen LogP contribution in [0.3, 0.4) is 0 Å². The van der Waals surface area contributed by atoms with E-state index in [0.29, 0.717) is 17.5 Å². The molecule has 1 heterocycles. The molecular weight excluding hydrogens is 420 g/mol. The lowest BCUT2D eigenvalue weighted by Gasteiger charge is -2.17. The molecule has 0 radical (unpaired) electrons. The van der Waals surface area contributed by atoms with Gasteiger partial charge in [0.1, 0.15) is 5.75 Å². The van der Waals surface area contributed by atoms with Gasteiger partial charge in [0, 0.05) is 6.54 Å². The van der Waals surface area contributed by atoms with E-state index in [4.69, 9.17) is 4.74 Å². The maximum absolute atomic E-state index is 12.5. The van der Waals surface area contributed by atoms with Gasteiger partial charge in [-0.1, -0.05) is 54.2 Å². The molecule has 6 nitrogen and oxygen atoms in total. The number of rotatable bonds is 10. The number of benzene rings is 2. The molecule has 7 heteroatoms. The molecule has 0 saturated carbocycles. The average Bonchev–Trinajstić information content (AvgIpc) is 3.18. The SMILES string of the molecule is C=CCn1c(SCC(=O)NC(C)c2ccccc2)nnc1C(C)Oc1ccc(C)c(C)c1. The first-order valence-electron chi connectivity index (χ1n) is 10.6. The molecule has 2 atom stereocenters. The number of carbonyl (C=O) groups excluding carboxylic acids is 1. The standard InChI is InChI=1S/C25H30N4O2S/c1-6-14-29-24(20(5)31-22-13-12-17(2)18(3)15-22)27-28-25(29)32-16-23(30)26-19(4)21-10-8-7-9-11-21/h6-13,15,19-20H,1,14,16H2,2-5H3,(H,26,30). The van der Waals surface area contributed by atoms with E-state index in [1.807, 2.05) is 66.9 Å². The van der Waals surface area contributed by atoms with Crippen LogP contribution in [-0.2, 0) is 11.3 Å². The summed E-state index contributed by atoms with van der Waals surface area (Å²) < 4.78 is 8.06. The van der Waals surface area contributed by atoms with E-state index in [-0.39, 0.29) is 23.8 Å². The van der Waals surface area contributed by atoms with Gasteiger partial charge in [-0.25, -0.2) is 0 Å². The molecule has 0 spiro atoms. The molecule has 1 N–H and O–H groups in total. The van der Waals surface area contributed by atoms with Crippen LogP contribution in [0.2, 0.25) is 0 Å². The number of hydrogen-bond acceptors (Lipinski definition) is 5. The summed E-state index contributed by atoms with van der Waals surface area (Å²) in [5, 5.41) is 12.3. The number of nitrogens with one attached hydrogen (secondary N) is 1. The van der Waals surface area contributed by atoms with Gasteiger partial charge >= 0.3 is 0 Å². The number of ether oxygens (including phenoxy) is 1. The minimum Gasteiger partial charge on any atom is -0.483 e. The van der Waals surface area contributed by atoms with Crippen LogP contribution in [-0.4, -0.2) is 26.4 Å². The number of allylic oxidation sites excluding steroid dienone is 1. The van der Waals surface area contributed by atoms with Crippen molar-refractivity contribution >= 4 is 17.7 Å². The Morgan fingerprint density at radius 3 is 2.59 bits per heavy atom. The highest BCUT2D eigenvalue weighted by Gasteiger charge is 2.20. The van der Waals surface area contributed by atoms with E-state index in [9.17, 15) is 4.79 Å². The summed E-state index contributed by atoms with van der Waals surface area (Å²) in [5.74, 6) is 1.68. The molecule has 3 rings (SSSR count). The highest BCUT2D eigenvalue weighted by atomic mass is 32.2. The summed E-state index contributed by atoms with van der Waals surface area (Å²) in [4.78, 5) is 12.5. The van der Waals surface area contributed by atoms with Gasteiger partial charge < -0.3 is 10.1 Å². The second-order valence-electron chi connectivity index (χ2n) is 7.73. The zero-order valence-electron chi connectivity index (χ0n) is 19.0. The third-order valence-corrected chi connectivity index (χ3v) is 6.19. The molecule has 2 unspecified atom stereocenters. The van der Waals surface area contributed by atoms with Crippen LogP contribution < -0.4 is 10.1 Å². The van der Waals surface area contributed by atoms with Crippen molar-refractivity contribution in [3.63, 3.8) is 0 Å². The van der Waals surface area contributed by atoms with Crippen LogP contribution in [0.5, 0.6) is 5.75 Å². The van der Waals surface area contributed by atoms with Crippen LogP contribution >= 0.6 is 11.8 Å². The van der Waals surface area contributed by atoms with E-state index >= 15 is 0 Å². The quantitative estimate of drug-likeness (QED) is 0.340. The van der Waals surface area contributed by atoms with Crippen molar-refractivity contribution in [2.24, 2.45) is 0 Å². The van der Waals surface area contributed by atoms with Crippen molar-refractivity contribution in [1.82, 2.24) is 20.1 Å². The second kappa shape index (κ2) is 11.0. The van der Waals surface area contributed by atoms with Crippen molar-refractivity contribution in [2.75, 3.05) is 5.75 Å². The molecule has 0 saturated heterocycles. The zero-order valence-corrected chi connectivity index (χ0v) is 19.9. The van der Waals surface area contributed by atoms with E-state index in [2.05, 4.69) is 35.9 Å². The summed E-state index contributed by atoms with van der Waals surface area (Å²) in [5.41, 5.74) is 3.47. The normalized spacial score (nSPS) is 12.8. The number of amides is 1. The topological polar surface area (TPSA) is 69.0 Å². The van der Waals surface area contributed by atoms with E-state index in [1.54, 1.807) is 6.08 Å². The van der Waals surface area contributed by atoms with Crippen molar-refractivity contribution in [2.45, 2.75) is 51.5 Å². The Balaban J connectivity index is 1.65. The Labute approximate surface area is 194 Å². The smallest absolute Gasteiger partial charge is 0.230 e. The first-order valence-corrected chi connectivity index (χ1v) is 11.6. The fourth-order valence-corrected chi connectivity index (χ4v) is 4.06. The molecule has 168 valence electrons. The Hall–Kier alpha value is -3.06. The maximum atomic E-state index is 12.5. The van der Waals surface area contributed by atoms with Crippen LogP contribution in [0, 0.1) is 13.8 Å². The van der Waals surface area contributed by atoms with Crippen LogP contribution in [0.4, 0.5) is 0 Å². The van der Waals surface area contributed by atoms with E-state index in [1.165, 1.54) is 22.9 Å². The molecule has 0 aliphatic carbocycles. The van der Waals surface area contributed by atoms with Crippen molar-refractivity contribution in [3.8, 4) is 5.75 Å². The fraction of sp³-hybridized carbons (Fsp3) is 0.320. The second-order valence-corrected chi connectivity index (χ2v) is 8.68. The fourth-order valence-electron chi connectivity index (χ4n) is 3.29.